The fourth-order valence-corrected chi connectivity index (χ4v) is 3.62. The van der Waals surface area contributed by atoms with Crippen molar-refractivity contribution < 1.29 is 4.79 Å². The Morgan fingerprint density at radius 2 is 2.16 bits per heavy atom. The highest BCUT2D eigenvalue weighted by Gasteiger charge is 2.33. The van der Waals surface area contributed by atoms with Crippen LogP contribution >= 0.6 is 11.3 Å². The van der Waals surface area contributed by atoms with Gasteiger partial charge in [-0.1, -0.05) is 19.3 Å². The van der Waals surface area contributed by atoms with Crippen LogP contribution in [0.5, 0.6) is 0 Å². The fraction of sp³-hybridized carbons (Fsp3) is 0.667. The van der Waals surface area contributed by atoms with Gasteiger partial charge < -0.3 is 10.6 Å². The maximum atomic E-state index is 12.4. The molecule has 1 aliphatic carbocycles. The van der Waals surface area contributed by atoms with E-state index in [1.807, 2.05) is 11.9 Å². The molecule has 1 amide bonds. The van der Waals surface area contributed by atoms with Crippen molar-refractivity contribution in [2.24, 2.45) is 11.1 Å². The van der Waals surface area contributed by atoms with Crippen molar-refractivity contribution in [1.29, 1.82) is 0 Å². The lowest BCUT2D eigenvalue weighted by Gasteiger charge is -2.36. The predicted octanol–water partition coefficient (Wildman–Crippen LogP) is 3.01. The summed E-state index contributed by atoms with van der Waals surface area (Å²) in [6.07, 6.45) is 6.57. The number of carbonyl (C=O) groups is 1. The standard InChI is InChI=1S/C15H24N2OS/c1-17(10-13-5-8-19-11-13)14(18)9-15(12-16)6-3-2-4-7-15/h5,8,11H,2-4,6-7,9-10,12,16H2,1H3. The zero-order valence-electron chi connectivity index (χ0n) is 11.7. The molecule has 2 N–H and O–H groups in total. The minimum absolute atomic E-state index is 0.0677. The second kappa shape index (κ2) is 6.53. The van der Waals surface area contributed by atoms with Gasteiger partial charge in [0.05, 0.1) is 0 Å². The van der Waals surface area contributed by atoms with Crippen LogP contribution in [0.25, 0.3) is 0 Å². The van der Waals surface area contributed by atoms with E-state index >= 15 is 0 Å². The van der Waals surface area contributed by atoms with Gasteiger partial charge in [0.25, 0.3) is 0 Å². The van der Waals surface area contributed by atoms with E-state index in [1.54, 1.807) is 11.3 Å². The molecule has 1 aromatic heterocycles. The van der Waals surface area contributed by atoms with Crippen LogP contribution in [0.4, 0.5) is 0 Å². The molecular formula is C15H24N2OS. The zero-order chi connectivity index (χ0) is 13.7. The minimum Gasteiger partial charge on any atom is -0.341 e. The number of rotatable bonds is 5. The van der Waals surface area contributed by atoms with Gasteiger partial charge in [-0.25, -0.2) is 0 Å². The summed E-state index contributed by atoms with van der Waals surface area (Å²) in [6.45, 7) is 1.36. The summed E-state index contributed by atoms with van der Waals surface area (Å²) in [5.74, 6) is 0.235. The van der Waals surface area contributed by atoms with E-state index in [0.29, 0.717) is 19.5 Å². The van der Waals surface area contributed by atoms with Gasteiger partial charge in [-0.2, -0.15) is 11.3 Å². The lowest BCUT2D eigenvalue weighted by Crippen LogP contribution is -2.39. The Labute approximate surface area is 119 Å². The molecule has 106 valence electrons. The molecule has 4 heteroatoms. The third-order valence-electron chi connectivity index (χ3n) is 4.30. The van der Waals surface area contributed by atoms with E-state index in [2.05, 4.69) is 16.8 Å². The number of nitrogens with two attached hydrogens (primary N) is 1. The van der Waals surface area contributed by atoms with Crippen molar-refractivity contribution in [1.82, 2.24) is 4.90 Å². The first-order chi connectivity index (χ1) is 9.15. The van der Waals surface area contributed by atoms with Gasteiger partial charge in [0.1, 0.15) is 0 Å². The Balaban J connectivity index is 1.91. The number of hydrogen-bond donors (Lipinski definition) is 1. The van der Waals surface area contributed by atoms with E-state index in [0.717, 1.165) is 12.8 Å². The average Bonchev–Trinajstić information content (AvgIpc) is 2.92. The summed E-state index contributed by atoms with van der Waals surface area (Å²) in [5, 5.41) is 4.15. The maximum absolute atomic E-state index is 12.4. The molecule has 1 saturated carbocycles. The van der Waals surface area contributed by atoms with Gasteiger partial charge in [0, 0.05) is 20.0 Å². The van der Waals surface area contributed by atoms with Crippen molar-refractivity contribution in [3.05, 3.63) is 22.4 Å². The second-order valence-corrected chi connectivity index (χ2v) is 6.60. The molecular weight excluding hydrogens is 256 g/mol. The molecule has 0 unspecified atom stereocenters. The van der Waals surface area contributed by atoms with Crippen LogP contribution in [0.3, 0.4) is 0 Å². The monoisotopic (exact) mass is 280 g/mol. The Kier molecular flexibility index (Phi) is 4.99. The van der Waals surface area contributed by atoms with Crippen LogP contribution in [0.1, 0.15) is 44.1 Å². The highest BCUT2D eigenvalue weighted by atomic mass is 32.1. The first kappa shape index (κ1) is 14.5. The van der Waals surface area contributed by atoms with Crippen LogP contribution in [0.15, 0.2) is 16.8 Å². The highest BCUT2D eigenvalue weighted by Crippen LogP contribution is 2.38. The van der Waals surface area contributed by atoms with E-state index < -0.39 is 0 Å². The lowest BCUT2D eigenvalue weighted by atomic mass is 9.71. The quantitative estimate of drug-likeness (QED) is 0.901. The first-order valence-corrected chi connectivity index (χ1v) is 8.05. The van der Waals surface area contributed by atoms with Crippen LogP contribution < -0.4 is 5.73 Å². The molecule has 1 aliphatic rings. The molecule has 1 aromatic rings. The largest absolute Gasteiger partial charge is 0.341 e. The molecule has 0 radical (unpaired) electrons. The molecule has 0 saturated heterocycles. The Bertz CT molecular complexity index is 396. The maximum Gasteiger partial charge on any atom is 0.223 e. The van der Waals surface area contributed by atoms with Crippen molar-refractivity contribution in [3.8, 4) is 0 Å². The van der Waals surface area contributed by atoms with Crippen molar-refractivity contribution in [2.75, 3.05) is 13.6 Å². The number of carbonyl (C=O) groups excluding carboxylic acids is 1. The molecule has 2 rings (SSSR count). The highest BCUT2D eigenvalue weighted by molar-refractivity contribution is 7.07. The predicted molar refractivity (Wildman–Crippen MR) is 80.0 cm³/mol. The summed E-state index contributed by atoms with van der Waals surface area (Å²) in [5.41, 5.74) is 7.24. The topological polar surface area (TPSA) is 46.3 Å². The smallest absolute Gasteiger partial charge is 0.223 e. The lowest BCUT2D eigenvalue weighted by molar-refractivity contribution is -0.133. The number of nitrogens with zero attached hydrogens (tertiary/aromatic N) is 1. The summed E-state index contributed by atoms with van der Waals surface area (Å²) in [4.78, 5) is 14.2. The molecule has 0 atom stereocenters. The van der Waals surface area contributed by atoms with Crippen LogP contribution in [0.2, 0.25) is 0 Å². The van der Waals surface area contributed by atoms with Gasteiger partial charge in [0.15, 0.2) is 0 Å². The Morgan fingerprint density at radius 1 is 1.42 bits per heavy atom. The Morgan fingerprint density at radius 3 is 2.74 bits per heavy atom. The molecule has 3 nitrogen and oxygen atoms in total. The Hall–Kier alpha value is -0.870. The number of amides is 1. The number of hydrogen-bond acceptors (Lipinski definition) is 3. The van der Waals surface area contributed by atoms with Crippen molar-refractivity contribution in [3.63, 3.8) is 0 Å². The van der Waals surface area contributed by atoms with Crippen LogP contribution in [0, 0.1) is 5.41 Å². The molecule has 0 aliphatic heterocycles. The van der Waals surface area contributed by atoms with Crippen molar-refractivity contribution >= 4 is 17.2 Å². The summed E-state index contributed by atoms with van der Waals surface area (Å²) >= 11 is 1.67. The molecule has 1 fully saturated rings. The van der Waals surface area contributed by atoms with Crippen LogP contribution in [-0.4, -0.2) is 24.4 Å². The molecule has 0 bridgehead atoms. The normalized spacial score (nSPS) is 18.2. The number of thiophene rings is 1. The second-order valence-electron chi connectivity index (χ2n) is 5.82. The average molecular weight is 280 g/mol. The van der Waals surface area contributed by atoms with Crippen LogP contribution in [-0.2, 0) is 11.3 Å². The summed E-state index contributed by atoms with van der Waals surface area (Å²) in [7, 11) is 1.90. The SMILES string of the molecule is CN(Cc1ccsc1)C(=O)CC1(CN)CCCCC1. The fourth-order valence-electron chi connectivity index (χ4n) is 2.96. The zero-order valence-corrected chi connectivity index (χ0v) is 12.5. The third kappa shape index (κ3) is 3.80. The van der Waals surface area contributed by atoms with E-state index in [4.69, 9.17) is 5.73 Å². The summed E-state index contributed by atoms with van der Waals surface area (Å²) in [6, 6.07) is 2.08. The van der Waals surface area contributed by atoms with E-state index in [1.165, 1.54) is 24.8 Å². The van der Waals surface area contributed by atoms with Gasteiger partial charge in [0.2, 0.25) is 5.91 Å². The first-order valence-electron chi connectivity index (χ1n) is 7.10. The minimum atomic E-state index is 0.0677. The van der Waals surface area contributed by atoms with E-state index in [-0.39, 0.29) is 11.3 Å². The van der Waals surface area contributed by atoms with Gasteiger partial charge in [-0.05, 0) is 47.2 Å². The van der Waals surface area contributed by atoms with Crippen molar-refractivity contribution in [2.45, 2.75) is 45.1 Å². The molecule has 0 spiro atoms. The third-order valence-corrected chi connectivity index (χ3v) is 5.03. The molecule has 19 heavy (non-hydrogen) atoms. The van der Waals surface area contributed by atoms with Gasteiger partial charge in [-0.15, -0.1) is 0 Å². The van der Waals surface area contributed by atoms with Gasteiger partial charge >= 0.3 is 0 Å². The van der Waals surface area contributed by atoms with Gasteiger partial charge in [-0.3, -0.25) is 4.79 Å². The summed E-state index contributed by atoms with van der Waals surface area (Å²) < 4.78 is 0. The van der Waals surface area contributed by atoms with E-state index in [9.17, 15) is 4.79 Å². The molecule has 1 heterocycles. The molecule has 0 aromatic carbocycles.